The van der Waals surface area contributed by atoms with Gasteiger partial charge in [-0.3, -0.25) is 4.90 Å². The Bertz CT molecular complexity index is 506. The lowest BCUT2D eigenvalue weighted by Gasteiger charge is -2.47. The van der Waals surface area contributed by atoms with Crippen molar-refractivity contribution in [1.29, 1.82) is 0 Å². The summed E-state index contributed by atoms with van der Waals surface area (Å²) in [6, 6.07) is 7.60. The van der Waals surface area contributed by atoms with E-state index in [1.165, 1.54) is 31.6 Å². The van der Waals surface area contributed by atoms with E-state index in [9.17, 15) is 0 Å². The largest absolute Gasteiger partial charge is 0.495 e. The molecule has 2 atom stereocenters. The Morgan fingerprint density at radius 3 is 2.81 bits per heavy atom. The van der Waals surface area contributed by atoms with E-state index in [0.717, 1.165) is 16.8 Å². The molecule has 2 saturated heterocycles. The van der Waals surface area contributed by atoms with Crippen molar-refractivity contribution >= 4 is 21.6 Å². The molecule has 116 valence electrons. The fourth-order valence-corrected chi connectivity index (χ4v) is 4.13. The average molecular weight is 353 g/mol. The highest BCUT2D eigenvalue weighted by Gasteiger charge is 2.38. The third-order valence-electron chi connectivity index (χ3n) is 4.95. The number of ether oxygens (including phenoxy) is 1. The molecule has 0 saturated carbocycles. The molecule has 3 rings (SSSR count). The van der Waals surface area contributed by atoms with Crippen LogP contribution < -0.4 is 9.64 Å². The lowest BCUT2D eigenvalue weighted by molar-refractivity contribution is 0.176. The number of benzene rings is 1. The lowest BCUT2D eigenvalue weighted by atomic mass is 9.96. The molecule has 2 fully saturated rings. The van der Waals surface area contributed by atoms with E-state index in [1.54, 1.807) is 7.11 Å². The van der Waals surface area contributed by atoms with Gasteiger partial charge in [-0.15, -0.1) is 0 Å². The number of anilines is 1. The van der Waals surface area contributed by atoms with Crippen LogP contribution in [-0.4, -0.2) is 43.7 Å². The van der Waals surface area contributed by atoms with Crippen LogP contribution in [0.4, 0.5) is 5.69 Å². The highest BCUT2D eigenvalue weighted by Crippen LogP contribution is 2.37. The maximum Gasteiger partial charge on any atom is 0.142 e. The zero-order valence-corrected chi connectivity index (χ0v) is 14.8. The van der Waals surface area contributed by atoms with E-state index >= 15 is 0 Å². The van der Waals surface area contributed by atoms with Crippen LogP contribution in [0.1, 0.15) is 26.7 Å². The van der Waals surface area contributed by atoms with Gasteiger partial charge in [0.25, 0.3) is 0 Å². The first-order chi connectivity index (χ1) is 10.1. The second-order valence-electron chi connectivity index (χ2n) is 6.57. The molecule has 0 bridgehead atoms. The van der Waals surface area contributed by atoms with Gasteiger partial charge in [0.05, 0.1) is 12.8 Å². The molecule has 2 aliphatic heterocycles. The number of hydrogen-bond donors (Lipinski definition) is 0. The van der Waals surface area contributed by atoms with Gasteiger partial charge in [-0.1, -0.05) is 29.8 Å². The minimum absolute atomic E-state index is 0.558. The van der Waals surface area contributed by atoms with Crippen molar-refractivity contribution < 1.29 is 4.74 Å². The molecule has 2 unspecified atom stereocenters. The molecule has 1 aromatic rings. The molecule has 0 aromatic heterocycles. The van der Waals surface area contributed by atoms with Crippen molar-refractivity contribution in [3.8, 4) is 5.75 Å². The maximum absolute atomic E-state index is 5.62. The number of hydrogen-bond acceptors (Lipinski definition) is 3. The molecular formula is C17H25BrN2O. The van der Waals surface area contributed by atoms with Gasteiger partial charge < -0.3 is 9.64 Å². The second kappa shape index (κ2) is 6.17. The van der Waals surface area contributed by atoms with Gasteiger partial charge in [-0.25, -0.2) is 0 Å². The van der Waals surface area contributed by atoms with E-state index < -0.39 is 0 Å². The first-order valence-electron chi connectivity index (χ1n) is 7.94. The summed E-state index contributed by atoms with van der Waals surface area (Å²) in [4.78, 5) is 5.27. The molecule has 1 aromatic carbocycles. The summed E-state index contributed by atoms with van der Waals surface area (Å²) in [6.07, 6.45) is 2.68. The van der Waals surface area contributed by atoms with Crippen molar-refractivity contribution in [2.24, 2.45) is 5.92 Å². The number of rotatable bonds is 3. The molecule has 0 aliphatic carbocycles. The fourth-order valence-electron chi connectivity index (χ4n) is 3.78. The van der Waals surface area contributed by atoms with Crippen LogP contribution in [0.3, 0.4) is 0 Å². The van der Waals surface area contributed by atoms with E-state index in [1.807, 2.05) is 0 Å². The summed E-state index contributed by atoms with van der Waals surface area (Å²) in [6.45, 7) is 8.24. The number of fused-ring (bicyclic) bond motifs is 1. The molecule has 2 aliphatic rings. The number of nitrogens with zero attached hydrogens (tertiary/aromatic N) is 2. The van der Waals surface area contributed by atoms with Crippen LogP contribution in [0.25, 0.3) is 0 Å². The molecule has 4 heteroatoms. The Kier molecular flexibility index (Phi) is 4.46. The summed E-state index contributed by atoms with van der Waals surface area (Å²) < 4.78 is 6.74. The quantitative estimate of drug-likeness (QED) is 0.823. The summed E-state index contributed by atoms with van der Waals surface area (Å²) in [5.74, 6) is 1.62. The van der Waals surface area contributed by atoms with Crippen LogP contribution >= 0.6 is 15.9 Å². The second-order valence-corrected chi connectivity index (χ2v) is 7.49. The fraction of sp³-hybridized carbons (Fsp3) is 0.647. The minimum atomic E-state index is 0.558. The Morgan fingerprint density at radius 1 is 1.29 bits per heavy atom. The van der Waals surface area contributed by atoms with Crippen molar-refractivity contribution in [3.63, 3.8) is 0 Å². The first kappa shape index (κ1) is 15.2. The van der Waals surface area contributed by atoms with Crippen molar-refractivity contribution in [3.05, 3.63) is 22.7 Å². The third kappa shape index (κ3) is 2.93. The molecule has 0 N–H and O–H groups in total. The predicted molar refractivity (Wildman–Crippen MR) is 91.3 cm³/mol. The summed E-state index contributed by atoms with van der Waals surface area (Å²) >= 11 is 3.61. The van der Waals surface area contributed by atoms with Gasteiger partial charge in [-0.2, -0.15) is 0 Å². The van der Waals surface area contributed by atoms with Crippen LogP contribution in [0, 0.1) is 5.92 Å². The van der Waals surface area contributed by atoms with Crippen molar-refractivity contribution in [1.82, 2.24) is 4.90 Å². The Hall–Kier alpha value is -0.740. The molecule has 0 spiro atoms. The molecule has 3 nitrogen and oxygen atoms in total. The number of halogens is 1. The third-order valence-corrected chi connectivity index (χ3v) is 5.44. The Labute approximate surface area is 136 Å². The highest BCUT2D eigenvalue weighted by molar-refractivity contribution is 9.10. The monoisotopic (exact) mass is 352 g/mol. The summed E-state index contributed by atoms with van der Waals surface area (Å²) in [5.41, 5.74) is 1.23. The van der Waals surface area contributed by atoms with Gasteiger partial charge in [0.1, 0.15) is 5.75 Å². The smallest absolute Gasteiger partial charge is 0.142 e. The van der Waals surface area contributed by atoms with Crippen LogP contribution in [0.2, 0.25) is 0 Å². The maximum atomic E-state index is 5.62. The normalized spacial score (nSPS) is 26.2. The zero-order valence-electron chi connectivity index (χ0n) is 13.2. The molecule has 0 amide bonds. The zero-order chi connectivity index (χ0) is 15.0. The molecular weight excluding hydrogens is 328 g/mol. The van der Waals surface area contributed by atoms with E-state index in [0.29, 0.717) is 18.0 Å². The van der Waals surface area contributed by atoms with Gasteiger partial charge in [0.15, 0.2) is 0 Å². The number of piperazine rings is 1. The van der Waals surface area contributed by atoms with Gasteiger partial charge in [-0.05, 0) is 43.5 Å². The van der Waals surface area contributed by atoms with E-state index in [2.05, 4.69) is 57.8 Å². The molecule has 0 radical (unpaired) electrons. The summed E-state index contributed by atoms with van der Waals surface area (Å²) in [5, 5.41) is 0. The van der Waals surface area contributed by atoms with Gasteiger partial charge >= 0.3 is 0 Å². The van der Waals surface area contributed by atoms with Crippen LogP contribution in [0.5, 0.6) is 5.75 Å². The van der Waals surface area contributed by atoms with E-state index in [-0.39, 0.29) is 0 Å². The minimum Gasteiger partial charge on any atom is -0.495 e. The first-order valence-corrected chi connectivity index (χ1v) is 8.73. The van der Waals surface area contributed by atoms with Crippen molar-refractivity contribution in [2.75, 3.05) is 31.6 Å². The highest BCUT2D eigenvalue weighted by atomic mass is 79.9. The number of methoxy groups -OCH3 is 1. The standard InChI is InChI=1S/C17H25BrN2O/c1-12(2)16-11-19-8-4-5-14(19)10-20(16)15-9-13(18)6-7-17(15)21-3/h6-7,9,12,14,16H,4-5,8,10-11H2,1-3H3. The average Bonchev–Trinajstić information content (AvgIpc) is 2.93. The van der Waals surface area contributed by atoms with Crippen LogP contribution in [-0.2, 0) is 0 Å². The molecule has 2 heterocycles. The molecule has 21 heavy (non-hydrogen) atoms. The van der Waals surface area contributed by atoms with Crippen LogP contribution in [0.15, 0.2) is 22.7 Å². The lowest BCUT2D eigenvalue weighted by Crippen LogP contribution is -2.58. The Balaban J connectivity index is 1.95. The van der Waals surface area contributed by atoms with Crippen molar-refractivity contribution in [2.45, 2.75) is 38.8 Å². The van der Waals surface area contributed by atoms with Gasteiger partial charge in [0.2, 0.25) is 0 Å². The SMILES string of the molecule is COc1ccc(Br)cc1N1CC2CCCN2CC1C(C)C. The Morgan fingerprint density at radius 2 is 2.10 bits per heavy atom. The topological polar surface area (TPSA) is 15.7 Å². The summed E-state index contributed by atoms with van der Waals surface area (Å²) in [7, 11) is 1.77. The predicted octanol–water partition coefficient (Wildman–Crippen LogP) is 3.77. The van der Waals surface area contributed by atoms with Gasteiger partial charge in [0, 0.05) is 29.6 Å². The van der Waals surface area contributed by atoms with E-state index in [4.69, 9.17) is 4.74 Å².